The highest BCUT2D eigenvalue weighted by Crippen LogP contribution is 2.48. The Morgan fingerprint density at radius 3 is 2.23 bits per heavy atom. The van der Waals surface area contributed by atoms with Gasteiger partial charge in [0.05, 0.1) is 29.7 Å². The quantitative estimate of drug-likeness (QED) is 0.549. The zero-order valence-corrected chi connectivity index (χ0v) is 16.6. The van der Waals surface area contributed by atoms with E-state index in [0.717, 1.165) is 42.3 Å². The van der Waals surface area contributed by atoms with E-state index in [1.165, 1.54) is 30.5 Å². The predicted octanol–water partition coefficient (Wildman–Crippen LogP) is 6.24. The second kappa shape index (κ2) is 7.41. The molecular formula is C24H25F3N2O. The number of aliphatic hydroxyl groups excluding tert-OH is 1. The van der Waals surface area contributed by atoms with Crippen molar-refractivity contribution in [3.05, 3.63) is 71.3 Å². The Morgan fingerprint density at radius 1 is 0.933 bits per heavy atom. The first-order chi connectivity index (χ1) is 14.4. The van der Waals surface area contributed by atoms with E-state index in [4.69, 9.17) is 0 Å². The molecule has 30 heavy (non-hydrogen) atoms. The van der Waals surface area contributed by atoms with Gasteiger partial charge in [0.15, 0.2) is 0 Å². The van der Waals surface area contributed by atoms with Crippen molar-refractivity contribution in [3.8, 4) is 0 Å². The lowest BCUT2D eigenvalue weighted by molar-refractivity contribution is -0.137. The van der Waals surface area contributed by atoms with E-state index >= 15 is 0 Å². The van der Waals surface area contributed by atoms with E-state index in [0.29, 0.717) is 5.92 Å². The second-order valence-electron chi connectivity index (χ2n) is 8.82. The van der Waals surface area contributed by atoms with E-state index in [9.17, 15) is 18.3 Å². The molecule has 0 bridgehead atoms. The lowest BCUT2D eigenvalue weighted by atomic mass is 9.74. The maximum atomic E-state index is 12.8. The van der Waals surface area contributed by atoms with Crippen LogP contribution in [0.4, 0.5) is 13.2 Å². The van der Waals surface area contributed by atoms with Gasteiger partial charge >= 0.3 is 6.18 Å². The first kappa shape index (κ1) is 19.6. The number of aliphatic hydroxyl groups is 1. The van der Waals surface area contributed by atoms with Gasteiger partial charge in [0, 0.05) is 11.8 Å². The fourth-order valence-corrected chi connectivity index (χ4v) is 5.05. The molecule has 158 valence electrons. The van der Waals surface area contributed by atoms with Crippen LogP contribution in [0.5, 0.6) is 0 Å². The number of rotatable bonds is 4. The number of hydrogen-bond acceptors (Lipinski definition) is 2. The molecule has 5 rings (SSSR count). The molecule has 3 aromatic rings. The van der Waals surface area contributed by atoms with Gasteiger partial charge in [0.25, 0.3) is 0 Å². The first-order valence-corrected chi connectivity index (χ1v) is 10.7. The van der Waals surface area contributed by atoms with Gasteiger partial charge in [-0.2, -0.15) is 13.2 Å². The number of nitrogens with zero attached hydrogens (tertiary/aromatic N) is 2. The highest BCUT2D eigenvalue weighted by atomic mass is 19.4. The number of aromatic nitrogens is 2. The Morgan fingerprint density at radius 2 is 1.60 bits per heavy atom. The fourth-order valence-electron chi connectivity index (χ4n) is 5.05. The van der Waals surface area contributed by atoms with Crippen molar-refractivity contribution in [2.24, 2.45) is 5.92 Å². The maximum absolute atomic E-state index is 12.8. The summed E-state index contributed by atoms with van der Waals surface area (Å²) in [6.45, 7) is 0. The summed E-state index contributed by atoms with van der Waals surface area (Å²) in [6, 6.07) is 7.71. The van der Waals surface area contributed by atoms with Crippen LogP contribution in [-0.4, -0.2) is 14.5 Å². The van der Waals surface area contributed by atoms with Crippen molar-refractivity contribution in [2.75, 3.05) is 0 Å². The summed E-state index contributed by atoms with van der Waals surface area (Å²) in [7, 11) is 0. The lowest BCUT2D eigenvalue weighted by Crippen LogP contribution is -2.21. The van der Waals surface area contributed by atoms with Crippen molar-refractivity contribution in [2.45, 2.75) is 62.6 Å². The van der Waals surface area contributed by atoms with E-state index in [-0.39, 0.29) is 11.8 Å². The molecule has 0 aliphatic heterocycles. The number of imidazole rings is 1. The van der Waals surface area contributed by atoms with E-state index in [1.54, 1.807) is 18.5 Å². The summed E-state index contributed by atoms with van der Waals surface area (Å²) in [4.78, 5) is 4.26. The van der Waals surface area contributed by atoms with Gasteiger partial charge in [-0.05, 0) is 85.6 Å². The Labute approximate surface area is 173 Å². The van der Waals surface area contributed by atoms with Gasteiger partial charge in [0.2, 0.25) is 0 Å². The number of alkyl halides is 3. The minimum absolute atomic E-state index is 0.161. The van der Waals surface area contributed by atoms with Gasteiger partial charge in [-0.3, -0.25) is 0 Å². The normalized spacial score (nSPS) is 23.6. The average Bonchev–Trinajstić information content (AvgIpc) is 3.48. The van der Waals surface area contributed by atoms with Gasteiger partial charge in [-0.1, -0.05) is 12.1 Å². The molecule has 6 heteroatoms. The molecule has 2 aromatic heterocycles. The number of fused-ring (bicyclic) bond motifs is 1. The molecule has 0 saturated heterocycles. The molecule has 2 fully saturated rings. The third-order valence-electron chi connectivity index (χ3n) is 6.91. The summed E-state index contributed by atoms with van der Waals surface area (Å²) in [5, 5.41) is 11.3. The zero-order chi connectivity index (χ0) is 20.9. The predicted molar refractivity (Wildman–Crippen MR) is 108 cm³/mol. The highest BCUT2D eigenvalue weighted by Gasteiger charge is 2.35. The second-order valence-corrected chi connectivity index (χ2v) is 8.82. The molecular weight excluding hydrogens is 389 g/mol. The SMILES string of the molecule is O[C@@H](c1c(C2CC2)ccn2cncc12)[C@H]1CC[C@H](c2ccc(C(F)(F)F)cc2)CC1. The minimum Gasteiger partial charge on any atom is -0.388 e. The summed E-state index contributed by atoms with van der Waals surface area (Å²) < 4.78 is 40.4. The smallest absolute Gasteiger partial charge is 0.388 e. The van der Waals surface area contributed by atoms with Crippen LogP contribution in [0.25, 0.3) is 5.52 Å². The Kier molecular flexibility index (Phi) is 4.85. The number of halogens is 3. The van der Waals surface area contributed by atoms with Crippen LogP contribution >= 0.6 is 0 Å². The van der Waals surface area contributed by atoms with Crippen LogP contribution < -0.4 is 0 Å². The first-order valence-electron chi connectivity index (χ1n) is 10.7. The largest absolute Gasteiger partial charge is 0.416 e. The van der Waals surface area contributed by atoms with E-state index in [1.807, 2.05) is 16.8 Å². The third kappa shape index (κ3) is 3.62. The maximum Gasteiger partial charge on any atom is 0.416 e. The molecule has 1 N–H and O–H groups in total. The number of pyridine rings is 1. The number of hydrogen-bond donors (Lipinski definition) is 1. The van der Waals surface area contributed by atoms with E-state index < -0.39 is 17.8 Å². The van der Waals surface area contributed by atoms with E-state index in [2.05, 4.69) is 11.1 Å². The fraction of sp³-hybridized carbons (Fsp3) is 0.458. The Bertz CT molecular complexity index is 1030. The number of benzene rings is 1. The summed E-state index contributed by atoms with van der Waals surface area (Å²) in [5.41, 5.74) is 3.62. The van der Waals surface area contributed by atoms with Gasteiger partial charge < -0.3 is 9.51 Å². The van der Waals surface area contributed by atoms with Crippen molar-refractivity contribution in [1.29, 1.82) is 0 Å². The van der Waals surface area contributed by atoms with Crippen LogP contribution in [0.1, 0.15) is 78.7 Å². The van der Waals surface area contributed by atoms with Gasteiger partial charge in [-0.25, -0.2) is 4.98 Å². The van der Waals surface area contributed by atoms with Crippen LogP contribution in [0, 0.1) is 5.92 Å². The molecule has 0 spiro atoms. The Balaban J connectivity index is 1.32. The summed E-state index contributed by atoms with van der Waals surface area (Å²) >= 11 is 0. The van der Waals surface area contributed by atoms with Crippen LogP contribution in [0.2, 0.25) is 0 Å². The summed E-state index contributed by atoms with van der Waals surface area (Å²) in [5.74, 6) is 0.955. The topological polar surface area (TPSA) is 37.5 Å². The van der Waals surface area contributed by atoms with Crippen LogP contribution in [0.15, 0.2) is 49.1 Å². The minimum atomic E-state index is -4.30. The molecule has 0 amide bonds. The molecule has 3 nitrogen and oxygen atoms in total. The molecule has 2 heterocycles. The molecule has 0 unspecified atom stereocenters. The summed E-state index contributed by atoms with van der Waals surface area (Å²) in [6.07, 6.45) is 6.63. The standard InChI is InChI=1S/C24H25F3N2O/c25-24(26,27)19-9-7-16(8-10-19)15-1-5-18(6-2-15)23(30)22-20(17-3-4-17)11-12-29-14-28-13-21(22)29/h7-15,17-18,23,30H,1-6H2/t15-,18-,23-/m1/s1. The van der Waals surface area contributed by atoms with Crippen molar-refractivity contribution in [3.63, 3.8) is 0 Å². The highest BCUT2D eigenvalue weighted by molar-refractivity contribution is 5.59. The van der Waals surface area contributed by atoms with Gasteiger partial charge in [-0.15, -0.1) is 0 Å². The molecule has 1 atom stereocenters. The third-order valence-corrected chi connectivity index (χ3v) is 6.91. The molecule has 0 radical (unpaired) electrons. The van der Waals surface area contributed by atoms with Gasteiger partial charge in [0.1, 0.15) is 0 Å². The monoisotopic (exact) mass is 414 g/mol. The van der Waals surface area contributed by atoms with Crippen molar-refractivity contribution in [1.82, 2.24) is 9.38 Å². The molecule has 2 saturated carbocycles. The van der Waals surface area contributed by atoms with Crippen molar-refractivity contribution < 1.29 is 18.3 Å². The molecule has 2 aliphatic rings. The lowest BCUT2D eigenvalue weighted by Gasteiger charge is -2.33. The van der Waals surface area contributed by atoms with Crippen molar-refractivity contribution >= 4 is 5.52 Å². The van der Waals surface area contributed by atoms with Crippen LogP contribution in [-0.2, 0) is 6.18 Å². The molecule has 2 aliphatic carbocycles. The van der Waals surface area contributed by atoms with Crippen LogP contribution in [0.3, 0.4) is 0 Å². The zero-order valence-electron chi connectivity index (χ0n) is 16.6. The molecule has 1 aromatic carbocycles. The average molecular weight is 414 g/mol. The Hall–Kier alpha value is -2.34.